The van der Waals surface area contributed by atoms with E-state index in [1.165, 1.54) is 29.3 Å². The molecule has 1 fully saturated rings. The molecule has 0 unspecified atom stereocenters. The maximum absolute atomic E-state index is 10.0. The van der Waals surface area contributed by atoms with Crippen LogP contribution < -0.4 is 4.90 Å². The second-order valence-electron chi connectivity index (χ2n) is 7.13. The molecule has 4 nitrogen and oxygen atoms in total. The van der Waals surface area contributed by atoms with E-state index >= 15 is 0 Å². The number of para-hydroxylation sites is 3. The van der Waals surface area contributed by atoms with Gasteiger partial charge in [0.15, 0.2) is 0 Å². The molecule has 0 spiro atoms. The first-order valence-electron chi connectivity index (χ1n) is 9.61. The molecule has 4 rings (SSSR count). The largest absolute Gasteiger partial charge is 0.506 e. The summed E-state index contributed by atoms with van der Waals surface area (Å²) in [5, 5.41) is 11.4. The number of benzene rings is 2. The maximum atomic E-state index is 10.0. The summed E-state index contributed by atoms with van der Waals surface area (Å²) in [5.74, 6) is 0.389. The van der Waals surface area contributed by atoms with E-state index in [4.69, 9.17) is 0 Å². The Kier molecular flexibility index (Phi) is 5.12. The fraction of sp³-hybridized carbons (Fsp3) is 0.364. The Labute approximate surface area is 155 Å². The Morgan fingerprint density at radius 3 is 2.50 bits per heavy atom. The Morgan fingerprint density at radius 2 is 1.65 bits per heavy atom. The molecule has 26 heavy (non-hydrogen) atoms. The van der Waals surface area contributed by atoms with Crippen LogP contribution in [0.1, 0.15) is 18.4 Å². The minimum Gasteiger partial charge on any atom is -0.506 e. The molecule has 0 bridgehead atoms. The second kappa shape index (κ2) is 7.83. The lowest BCUT2D eigenvalue weighted by Crippen LogP contribution is -2.46. The Balaban J connectivity index is 1.21. The lowest BCUT2D eigenvalue weighted by atomic mass is 10.1. The zero-order valence-corrected chi connectivity index (χ0v) is 15.2. The number of rotatable bonds is 6. The summed E-state index contributed by atoms with van der Waals surface area (Å²) in [6.45, 7) is 5.28. The number of piperazine rings is 1. The third-order valence-corrected chi connectivity index (χ3v) is 5.44. The molecule has 0 atom stereocenters. The van der Waals surface area contributed by atoms with Crippen LogP contribution in [0.5, 0.6) is 5.75 Å². The van der Waals surface area contributed by atoms with Crippen LogP contribution in [-0.4, -0.2) is 47.7 Å². The van der Waals surface area contributed by atoms with Gasteiger partial charge in [0.2, 0.25) is 0 Å². The molecule has 2 N–H and O–H groups in total. The molecule has 0 radical (unpaired) electrons. The van der Waals surface area contributed by atoms with E-state index < -0.39 is 0 Å². The normalized spacial score (nSPS) is 15.6. The molecule has 3 aromatic rings. The fourth-order valence-electron chi connectivity index (χ4n) is 3.93. The third kappa shape index (κ3) is 3.70. The number of phenols is 1. The number of aromatic hydroxyl groups is 1. The van der Waals surface area contributed by atoms with Gasteiger partial charge < -0.3 is 15.0 Å². The summed E-state index contributed by atoms with van der Waals surface area (Å²) in [6.07, 6.45) is 5.76. The van der Waals surface area contributed by atoms with Gasteiger partial charge in [0.05, 0.1) is 5.69 Å². The van der Waals surface area contributed by atoms with E-state index in [1.54, 1.807) is 6.07 Å². The minimum absolute atomic E-state index is 0.389. The molecule has 4 heteroatoms. The van der Waals surface area contributed by atoms with Crippen molar-refractivity contribution >= 4 is 16.6 Å². The number of nitrogens with one attached hydrogen (secondary N) is 1. The number of phenolic OH excluding ortho intramolecular Hbond substituents is 1. The van der Waals surface area contributed by atoms with Crippen LogP contribution in [0, 0.1) is 0 Å². The van der Waals surface area contributed by atoms with Gasteiger partial charge in [-0.25, -0.2) is 0 Å². The van der Waals surface area contributed by atoms with Crippen molar-refractivity contribution in [1.82, 2.24) is 9.88 Å². The van der Waals surface area contributed by atoms with Crippen molar-refractivity contribution in [2.45, 2.75) is 19.3 Å². The van der Waals surface area contributed by atoms with Crippen LogP contribution in [0.3, 0.4) is 0 Å². The van der Waals surface area contributed by atoms with Gasteiger partial charge in [0.1, 0.15) is 5.75 Å². The summed E-state index contributed by atoms with van der Waals surface area (Å²) in [5.41, 5.74) is 3.64. The molecular formula is C22H27N3O. The highest BCUT2D eigenvalue weighted by molar-refractivity contribution is 5.82. The number of H-pyrrole nitrogens is 1. The first kappa shape index (κ1) is 17.0. The molecule has 136 valence electrons. The van der Waals surface area contributed by atoms with Gasteiger partial charge in [0.25, 0.3) is 0 Å². The second-order valence-corrected chi connectivity index (χ2v) is 7.13. The lowest BCUT2D eigenvalue weighted by molar-refractivity contribution is 0.252. The topological polar surface area (TPSA) is 42.5 Å². The first-order valence-corrected chi connectivity index (χ1v) is 9.61. The predicted molar refractivity (Wildman–Crippen MR) is 108 cm³/mol. The van der Waals surface area contributed by atoms with Crippen molar-refractivity contribution in [3.8, 4) is 5.75 Å². The van der Waals surface area contributed by atoms with Crippen LogP contribution in [0.15, 0.2) is 54.7 Å². The van der Waals surface area contributed by atoms with Gasteiger partial charge in [-0.3, -0.25) is 4.90 Å². The van der Waals surface area contributed by atoms with Gasteiger partial charge in [0, 0.05) is 43.3 Å². The lowest BCUT2D eigenvalue weighted by Gasteiger charge is -2.36. The highest BCUT2D eigenvalue weighted by Gasteiger charge is 2.18. The van der Waals surface area contributed by atoms with E-state index in [2.05, 4.69) is 45.2 Å². The van der Waals surface area contributed by atoms with Crippen LogP contribution in [0.25, 0.3) is 10.9 Å². The number of anilines is 1. The molecule has 1 aliphatic rings. The SMILES string of the molecule is Oc1ccccc1N1CCN(CCCCc2c[nH]c3ccccc23)CC1. The van der Waals surface area contributed by atoms with Gasteiger partial charge in [-0.2, -0.15) is 0 Å². The summed E-state index contributed by atoms with van der Waals surface area (Å²) in [7, 11) is 0. The van der Waals surface area contributed by atoms with E-state index in [1.807, 2.05) is 18.2 Å². The van der Waals surface area contributed by atoms with Crippen molar-refractivity contribution < 1.29 is 5.11 Å². The van der Waals surface area contributed by atoms with Gasteiger partial charge >= 0.3 is 0 Å². The van der Waals surface area contributed by atoms with Crippen LogP contribution in [0.2, 0.25) is 0 Å². The highest BCUT2D eigenvalue weighted by atomic mass is 16.3. The fourth-order valence-corrected chi connectivity index (χ4v) is 3.93. The quantitative estimate of drug-likeness (QED) is 0.661. The van der Waals surface area contributed by atoms with Crippen molar-refractivity contribution in [3.05, 3.63) is 60.3 Å². The Bertz CT molecular complexity index is 849. The third-order valence-electron chi connectivity index (χ3n) is 5.44. The zero-order valence-electron chi connectivity index (χ0n) is 15.2. The van der Waals surface area contributed by atoms with E-state index in [-0.39, 0.29) is 0 Å². The molecule has 1 saturated heterocycles. The standard InChI is InChI=1S/C22H27N3O/c26-22-11-4-3-10-21(22)25-15-13-24(14-16-25)12-6-5-7-18-17-23-20-9-2-1-8-19(18)20/h1-4,8-11,17,23,26H,5-7,12-16H2. The van der Waals surface area contributed by atoms with Crippen molar-refractivity contribution in [1.29, 1.82) is 0 Å². The van der Waals surface area contributed by atoms with Crippen LogP contribution in [-0.2, 0) is 6.42 Å². The van der Waals surface area contributed by atoms with E-state index in [0.717, 1.165) is 44.8 Å². The summed E-state index contributed by atoms with van der Waals surface area (Å²) in [4.78, 5) is 8.20. The van der Waals surface area contributed by atoms with Crippen LogP contribution in [0.4, 0.5) is 5.69 Å². The van der Waals surface area contributed by atoms with E-state index in [9.17, 15) is 5.11 Å². The monoisotopic (exact) mass is 349 g/mol. The molecule has 0 aliphatic carbocycles. The van der Waals surface area contributed by atoms with Gasteiger partial charge in [-0.15, -0.1) is 0 Å². The maximum Gasteiger partial charge on any atom is 0.138 e. The first-order chi connectivity index (χ1) is 12.8. The van der Waals surface area contributed by atoms with Crippen molar-refractivity contribution in [2.75, 3.05) is 37.6 Å². The molecule has 1 aromatic heterocycles. The van der Waals surface area contributed by atoms with Gasteiger partial charge in [-0.05, 0) is 49.6 Å². The Hall–Kier alpha value is -2.46. The number of aromatic nitrogens is 1. The number of hydrogen-bond donors (Lipinski definition) is 2. The molecular weight excluding hydrogens is 322 g/mol. The minimum atomic E-state index is 0.389. The van der Waals surface area contributed by atoms with Crippen molar-refractivity contribution in [3.63, 3.8) is 0 Å². The number of nitrogens with zero attached hydrogens (tertiary/aromatic N) is 2. The molecule has 0 amide bonds. The summed E-state index contributed by atoms with van der Waals surface area (Å²) >= 11 is 0. The molecule has 2 aromatic carbocycles. The number of hydrogen-bond acceptors (Lipinski definition) is 3. The molecule has 2 heterocycles. The summed E-state index contributed by atoms with van der Waals surface area (Å²) in [6, 6.07) is 16.2. The predicted octanol–water partition coefficient (Wildman–Crippen LogP) is 4.02. The molecule has 1 aliphatic heterocycles. The number of unbranched alkanes of at least 4 members (excludes halogenated alkanes) is 1. The van der Waals surface area contributed by atoms with Crippen LogP contribution >= 0.6 is 0 Å². The average Bonchev–Trinajstić information content (AvgIpc) is 3.09. The molecule has 0 saturated carbocycles. The van der Waals surface area contributed by atoms with Crippen molar-refractivity contribution in [2.24, 2.45) is 0 Å². The van der Waals surface area contributed by atoms with E-state index in [0.29, 0.717) is 5.75 Å². The number of aromatic amines is 1. The zero-order chi connectivity index (χ0) is 17.8. The average molecular weight is 349 g/mol. The Morgan fingerprint density at radius 1 is 0.885 bits per heavy atom. The van der Waals surface area contributed by atoms with Gasteiger partial charge in [-0.1, -0.05) is 30.3 Å². The number of aryl methyl sites for hydroxylation is 1. The number of fused-ring (bicyclic) bond motifs is 1. The highest BCUT2D eigenvalue weighted by Crippen LogP contribution is 2.27. The summed E-state index contributed by atoms with van der Waals surface area (Å²) < 4.78 is 0. The smallest absolute Gasteiger partial charge is 0.138 e.